The summed E-state index contributed by atoms with van der Waals surface area (Å²) in [7, 11) is 0. The van der Waals surface area contributed by atoms with Crippen molar-refractivity contribution in [2.45, 2.75) is 26.4 Å². The van der Waals surface area contributed by atoms with E-state index in [4.69, 9.17) is 10.2 Å². The first-order valence-electron chi connectivity index (χ1n) is 8.48. The van der Waals surface area contributed by atoms with Crippen LogP contribution in [0.5, 0.6) is 0 Å². The number of nitrogens with two attached hydrogens (primary N) is 1. The van der Waals surface area contributed by atoms with Crippen molar-refractivity contribution >= 4 is 22.6 Å². The Morgan fingerprint density at radius 1 is 1.23 bits per heavy atom. The molecule has 0 spiro atoms. The molecule has 0 saturated heterocycles. The van der Waals surface area contributed by atoms with Crippen molar-refractivity contribution in [2.24, 2.45) is 0 Å². The third-order valence-electron chi connectivity index (χ3n) is 4.12. The van der Waals surface area contributed by atoms with Gasteiger partial charge in [0.25, 0.3) is 0 Å². The summed E-state index contributed by atoms with van der Waals surface area (Å²) < 4.78 is 7.77. The molecule has 0 saturated carbocycles. The minimum atomic E-state index is 0.324. The van der Waals surface area contributed by atoms with Crippen LogP contribution >= 0.6 is 0 Å². The zero-order valence-electron chi connectivity index (χ0n) is 14.7. The molecular formula is C19H20N6O. The van der Waals surface area contributed by atoms with Gasteiger partial charge in [-0.05, 0) is 26.0 Å². The summed E-state index contributed by atoms with van der Waals surface area (Å²) in [6.07, 6.45) is 5.46. The van der Waals surface area contributed by atoms with Gasteiger partial charge in [-0.25, -0.2) is 9.97 Å². The van der Waals surface area contributed by atoms with Crippen molar-refractivity contribution in [3.63, 3.8) is 0 Å². The Morgan fingerprint density at radius 2 is 2.08 bits per heavy atom. The number of furan rings is 1. The summed E-state index contributed by atoms with van der Waals surface area (Å²) in [4.78, 5) is 8.82. The van der Waals surface area contributed by atoms with Crippen molar-refractivity contribution in [3.05, 3.63) is 54.5 Å². The molecule has 0 fully saturated rings. The first-order valence-corrected chi connectivity index (χ1v) is 8.48. The number of nitrogens with one attached hydrogen (secondary N) is 1. The predicted molar refractivity (Wildman–Crippen MR) is 102 cm³/mol. The van der Waals surface area contributed by atoms with E-state index in [0.29, 0.717) is 35.7 Å². The van der Waals surface area contributed by atoms with E-state index in [2.05, 4.69) is 34.2 Å². The van der Waals surface area contributed by atoms with Gasteiger partial charge in [-0.3, -0.25) is 4.68 Å². The van der Waals surface area contributed by atoms with Gasteiger partial charge in [-0.1, -0.05) is 18.2 Å². The van der Waals surface area contributed by atoms with Crippen LogP contribution in [0.3, 0.4) is 0 Å². The number of nitrogens with zero attached hydrogens (tertiary/aromatic N) is 4. The normalized spacial score (nSPS) is 11.3. The number of rotatable bonds is 5. The molecule has 0 amide bonds. The molecule has 3 heterocycles. The Balaban J connectivity index is 1.57. The largest absolute Gasteiger partial charge is 0.454 e. The number of hydrogen-bond donors (Lipinski definition) is 2. The molecule has 7 heteroatoms. The molecule has 0 aliphatic carbocycles. The summed E-state index contributed by atoms with van der Waals surface area (Å²) in [5.74, 6) is 1.54. The van der Waals surface area contributed by atoms with E-state index in [9.17, 15) is 0 Å². The third kappa shape index (κ3) is 3.11. The Hall–Kier alpha value is -3.35. The molecule has 0 unspecified atom stereocenters. The van der Waals surface area contributed by atoms with E-state index in [1.165, 1.54) is 0 Å². The summed E-state index contributed by atoms with van der Waals surface area (Å²) in [6, 6.07) is 10.1. The lowest BCUT2D eigenvalue weighted by molar-refractivity contribution is 0.532. The van der Waals surface area contributed by atoms with Crippen LogP contribution < -0.4 is 11.1 Å². The second-order valence-corrected chi connectivity index (χ2v) is 6.41. The second-order valence-electron chi connectivity index (χ2n) is 6.41. The summed E-state index contributed by atoms with van der Waals surface area (Å²) in [5, 5.41) is 8.59. The molecule has 0 atom stereocenters. The van der Waals surface area contributed by atoms with Gasteiger partial charge in [0.2, 0.25) is 0 Å². The van der Waals surface area contributed by atoms with Crippen molar-refractivity contribution < 1.29 is 4.42 Å². The number of aromatic nitrogens is 4. The lowest BCUT2D eigenvalue weighted by Crippen LogP contribution is -2.06. The van der Waals surface area contributed by atoms with Crippen LogP contribution in [0.25, 0.3) is 22.4 Å². The fraction of sp³-hybridized carbons (Fsp3) is 0.211. The number of anilines is 2. The lowest BCUT2D eigenvalue weighted by atomic mass is 10.2. The molecule has 3 aromatic heterocycles. The van der Waals surface area contributed by atoms with Crippen molar-refractivity contribution in [2.75, 3.05) is 11.1 Å². The van der Waals surface area contributed by atoms with E-state index in [1.807, 2.05) is 47.4 Å². The molecule has 7 nitrogen and oxygen atoms in total. The lowest BCUT2D eigenvalue weighted by Gasteiger charge is -2.08. The Labute approximate surface area is 150 Å². The first-order chi connectivity index (χ1) is 12.6. The summed E-state index contributed by atoms with van der Waals surface area (Å²) >= 11 is 0. The fourth-order valence-electron chi connectivity index (χ4n) is 2.69. The molecule has 4 rings (SSSR count). The van der Waals surface area contributed by atoms with Crippen molar-refractivity contribution in [1.82, 2.24) is 19.7 Å². The van der Waals surface area contributed by atoms with Gasteiger partial charge >= 0.3 is 0 Å². The molecule has 132 valence electrons. The summed E-state index contributed by atoms with van der Waals surface area (Å²) in [5.41, 5.74) is 8.47. The molecule has 26 heavy (non-hydrogen) atoms. The standard InChI is InChI=1S/C19H20N6O/c1-12(2)25-11-13(9-23-25)8-22-19-18(20)21-10-15(24-19)17-7-14-5-3-4-6-16(14)26-17/h3-7,9-12H,8H2,1-2H3,(H2,20,21)(H,22,24). The predicted octanol–water partition coefficient (Wildman–Crippen LogP) is 3.86. The maximum absolute atomic E-state index is 5.97. The molecule has 0 aliphatic rings. The van der Waals surface area contributed by atoms with Gasteiger partial charge < -0.3 is 15.5 Å². The fourth-order valence-corrected chi connectivity index (χ4v) is 2.69. The van der Waals surface area contributed by atoms with Crippen LogP contribution in [-0.4, -0.2) is 19.7 Å². The zero-order valence-corrected chi connectivity index (χ0v) is 14.7. The van der Waals surface area contributed by atoms with E-state index < -0.39 is 0 Å². The highest BCUT2D eigenvalue weighted by Crippen LogP contribution is 2.28. The topological polar surface area (TPSA) is 94.8 Å². The van der Waals surface area contributed by atoms with E-state index in [0.717, 1.165) is 16.5 Å². The number of para-hydroxylation sites is 1. The first kappa shape index (κ1) is 16.1. The number of nitrogen functional groups attached to an aromatic ring is 1. The maximum Gasteiger partial charge on any atom is 0.169 e. The Kier molecular flexibility index (Phi) is 4.04. The van der Waals surface area contributed by atoms with E-state index >= 15 is 0 Å². The van der Waals surface area contributed by atoms with Gasteiger partial charge in [0.15, 0.2) is 17.4 Å². The second kappa shape index (κ2) is 6.51. The highest BCUT2D eigenvalue weighted by molar-refractivity contribution is 5.82. The van der Waals surface area contributed by atoms with Gasteiger partial charge in [0.1, 0.15) is 11.3 Å². The molecule has 0 bridgehead atoms. The van der Waals surface area contributed by atoms with Crippen molar-refractivity contribution in [3.8, 4) is 11.5 Å². The minimum Gasteiger partial charge on any atom is -0.454 e. The Bertz CT molecular complexity index is 1020. The van der Waals surface area contributed by atoms with Gasteiger partial charge in [0, 0.05) is 29.7 Å². The van der Waals surface area contributed by atoms with Crippen LogP contribution in [0.15, 0.2) is 53.3 Å². The van der Waals surface area contributed by atoms with Gasteiger partial charge in [0.05, 0.1) is 12.4 Å². The van der Waals surface area contributed by atoms with Gasteiger partial charge in [-0.2, -0.15) is 5.10 Å². The van der Waals surface area contributed by atoms with Crippen LogP contribution in [-0.2, 0) is 6.54 Å². The highest BCUT2D eigenvalue weighted by atomic mass is 16.3. The molecule has 0 radical (unpaired) electrons. The van der Waals surface area contributed by atoms with E-state index in [-0.39, 0.29) is 0 Å². The number of fused-ring (bicyclic) bond motifs is 1. The molecule has 4 aromatic rings. The maximum atomic E-state index is 5.97. The van der Waals surface area contributed by atoms with Crippen LogP contribution in [0.2, 0.25) is 0 Å². The minimum absolute atomic E-state index is 0.324. The Morgan fingerprint density at radius 3 is 2.85 bits per heavy atom. The molecule has 0 aliphatic heterocycles. The number of benzene rings is 1. The molecule has 3 N–H and O–H groups in total. The van der Waals surface area contributed by atoms with Crippen LogP contribution in [0.1, 0.15) is 25.5 Å². The molecule has 1 aromatic carbocycles. The average molecular weight is 348 g/mol. The zero-order chi connectivity index (χ0) is 18.1. The molecular weight excluding hydrogens is 328 g/mol. The van der Waals surface area contributed by atoms with E-state index in [1.54, 1.807) is 6.20 Å². The van der Waals surface area contributed by atoms with Crippen LogP contribution in [0.4, 0.5) is 11.6 Å². The quantitative estimate of drug-likeness (QED) is 0.569. The third-order valence-corrected chi connectivity index (χ3v) is 4.12. The van der Waals surface area contributed by atoms with Crippen LogP contribution in [0, 0.1) is 0 Å². The SMILES string of the molecule is CC(C)n1cc(CNc2nc(-c3cc4ccccc4o3)cnc2N)cn1. The smallest absolute Gasteiger partial charge is 0.169 e. The summed E-state index contributed by atoms with van der Waals surface area (Å²) in [6.45, 7) is 4.74. The highest BCUT2D eigenvalue weighted by Gasteiger charge is 2.11. The van der Waals surface area contributed by atoms with Gasteiger partial charge in [-0.15, -0.1) is 0 Å². The van der Waals surface area contributed by atoms with Crippen molar-refractivity contribution in [1.29, 1.82) is 0 Å². The average Bonchev–Trinajstić information content (AvgIpc) is 3.28. The monoisotopic (exact) mass is 348 g/mol. The number of hydrogen-bond acceptors (Lipinski definition) is 6.